The fraction of sp³-hybridized carbons (Fsp3) is 0.444. The van der Waals surface area contributed by atoms with E-state index in [9.17, 15) is 5.11 Å². The molecule has 1 atom stereocenters. The topological polar surface area (TPSA) is 29.5 Å². The van der Waals surface area contributed by atoms with Crippen molar-refractivity contribution in [1.29, 1.82) is 0 Å². The summed E-state index contributed by atoms with van der Waals surface area (Å²) >= 11 is 1.53. The van der Waals surface area contributed by atoms with Crippen LogP contribution in [-0.4, -0.2) is 12.2 Å². The highest BCUT2D eigenvalue weighted by Crippen LogP contribution is 2.38. The molecule has 0 radical (unpaired) electrons. The highest BCUT2D eigenvalue weighted by molar-refractivity contribution is 7.10. The molecule has 1 heterocycles. The number of aliphatic hydroxyl groups is 1. The Bertz CT molecular complexity index is 599. The molecule has 0 aliphatic rings. The molecular formula is C18H24O2S. The third-order valence-electron chi connectivity index (χ3n) is 3.82. The SMILES string of the molecule is COc1ccsc1C(O)c1ccc(C(C)C)cc1C(C)C. The van der Waals surface area contributed by atoms with Crippen LogP contribution in [0.4, 0.5) is 0 Å². The van der Waals surface area contributed by atoms with Crippen molar-refractivity contribution in [2.75, 3.05) is 7.11 Å². The van der Waals surface area contributed by atoms with Crippen molar-refractivity contribution in [1.82, 2.24) is 0 Å². The Labute approximate surface area is 131 Å². The van der Waals surface area contributed by atoms with Crippen LogP contribution in [-0.2, 0) is 0 Å². The Kier molecular flexibility index (Phi) is 5.07. The molecule has 1 unspecified atom stereocenters. The van der Waals surface area contributed by atoms with E-state index < -0.39 is 6.10 Å². The van der Waals surface area contributed by atoms with Gasteiger partial charge in [0.05, 0.1) is 12.0 Å². The van der Waals surface area contributed by atoms with E-state index in [0.29, 0.717) is 11.8 Å². The summed E-state index contributed by atoms with van der Waals surface area (Å²) in [4.78, 5) is 0.872. The summed E-state index contributed by atoms with van der Waals surface area (Å²) < 4.78 is 5.34. The summed E-state index contributed by atoms with van der Waals surface area (Å²) in [6.07, 6.45) is -0.626. The van der Waals surface area contributed by atoms with Gasteiger partial charge < -0.3 is 9.84 Å². The van der Waals surface area contributed by atoms with Gasteiger partial charge in [0.1, 0.15) is 11.9 Å². The zero-order valence-electron chi connectivity index (χ0n) is 13.4. The second-order valence-corrected chi connectivity index (χ2v) is 6.90. The molecule has 1 aromatic heterocycles. The van der Waals surface area contributed by atoms with Crippen LogP contribution in [0.3, 0.4) is 0 Å². The monoisotopic (exact) mass is 304 g/mol. The molecule has 0 aliphatic heterocycles. The van der Waals surface area contributed by atoms with Crippen LogP contribution < -0.4 is 4.74 Å². The molecule has 0 spiro atoms. The third kappa shape index (κ3) is 3.30. The van der Waals surface area contributed by atoms with Crippen LogP contribution in [0, 0.1) is 0 Å². The lowest BCUT2D eigenvalue weighted by Crippen LogP contribution is -2.06. The zero-order chi connectivity index (χ0) is 15.6. The molecule has 2 nitrogen and oxygen atoms in total. The van der Waals surface area contributed by atoms with Gasteiger partial charge in [-0.15, -0.1) is 11.3 Å². The van der Waals surface area contributed by atoms with Crippen LogP contribution in [0.25, 0.3) is 0 Å². The maximum absolute atomic E-state index is 10.8. The molecule has 2 rings (SSSR count). The Morgan fingerprint density at radius 3 is 2.29 bits per heavy atom. The van der Waals surface area contributed by atoms with Gasteiger partial charge in [-0.1, -0.05) is 45.9 Å². The van der Waals surface area contributed by atoms with Gasteiger partial charge in [-0.2, -0.15) is 0 Å². The van der Waals surface area contributed by atoms with Crippen LogP contribution in [0.1, 0.15) is 67.2 Å². The number of ether oxygens (including phenoxy) is 1. The van der Waals surface area contributed by atoms with Crippen molar-refractivity contribution in [3.8, 4) is 5.75 Å². The van der Waals surface area contributed by atoms with Crippen molar-refractivity contribution < 1.29 is 9.84 Å². The molecule has 0 fully saturated rings. The van der Waals surface area contributed by atoms with Gasteiger partial charge >= 0.3 is 0 Å². The quantitative estimate of drug-likeness (QED) is 0.834. The number of hydrogen-bond acceptors (Lipinski definition) is 3. The third-order valence-corrected chi connectivity index (χ3v) is 4.77. The summed E-state index contributed by atoms with van der Waals surface area (Å²) in [5.74, 6) is 1.62. The number of thiophene rings is 1. The molecule has 2 aromatic rings. The molecule has 0 saturated heterocycles. The first-order valence-electron chi connectivity index (χ1n) is 7.38. The Balaban J connectivity index is 2.47. The minimum Gasteiger partial charge on any atom is -0.495 e. The first kappa shape index (κ1) is 16.1. The average Bonchev–Trinajstić information content (AvgIpc) is 2.94. The van der Waals surface area contributed by atoms with Gasteiger partial charge in [-0.05, 0) is 40.0 Å². The van der Waals surface area contributed by atoms with E-state index in [4.69, 9.17) is 4.74 Å². The largest absolute Gasteiger partial charge is 0.495 e. The second kappa shape index (κ2) is 6.63. The lowest BCUT2D eigenvalue weighted by atomic mass is 9.89. The number of rotatable bonds is 5. The molecule has 0 bridgehead atoms. The lowest BCUT2D eigenvalue weighted by molar-refractivity contribution is 0.217. The molecule has 1 aromatic carbocycles. The maximum atomic E-state index is 10.8. The summed E-state index contributed by atoms with van der Waals surface area (Å²) in [5, 5.41) is 12.7. The van der Waals surface area contributed by atoms with E-state index in [1.54, 1.807) is 7.11 Å². The molecule has 3 heteroatoms. The van der Waals surface area contributed by atoms with E-state index >= 15 is 0 Å². The lowest BCUT2D eigenvalue weighted by Gasteiger charge is -2.20. The van der Waals surface area contributed by atoms with E-state index in [0.717, 1.165) is 16.2 Å². The van der Waals surface area contributed by atoms with E-state index in [2.05, 4.69) is 45.9 Å². The number of methoxy groups -OCH3 is 1. The van der Waals surface area contributed by atoms with E-state index in [1.165, 1.54) is 22.5 Å². The second-order valence-electron chi connectivity index (χ2n) is 5.95. The van der Waals surface area contributed by atoms with Crippen molar-refractivity contribution in [3.05, 3.63) is 51.2 Å². The minimum atomic E-state index is -0.626. The molecule has 114 valence electrons. The summed E-state index contributed by atoms with van der Waals surface area (Å²) in [7, 11) is 1.64. The molecular weight excluding hydrogens is 280 g/mol. The minimum absolute atomic E-state index is 0.374. The standard InChI is InChI=1S/C18H24O2S/c1-11(2)13-6-7-14(15(10-13)12(3)4)17(19)18-16(20-5)8-9-21-18/h6-12,17,19H,1-5H3. The van der Waals surface area contributed by atoms with Gasteiger partial charge in [0.15, 0.2) is 0 Å². The van der Waals surface area contributed by atoms with E-state index in [1.807, 2.05) is 11.4 Å². The number of hydrogen-bond donors (Lipinski definition) is 1. The molecule has 0 saturated carbocycles. The van der Waals surface area contributed by atoms with Gasteiger partial charge in [0.25, 0.3) is 0 Å². The average molecular weight is 304 g/mol. The maximum Gasteiger partial charge on any atom is 0.135 e. The highest BCUT2D eigenvalue weighted by Gasteiger charge is 2.21. The molecule has 1 N–H and O–H groups in total. The van der Waals surface area contributed by atoms with Gasteiger partial charge in [-0.3, -0.25) is 0 Å². The Hall–Kier alpha value is -1.32. The Morgan fingerprint density at radius 1 is 1.00 bits per heavy atom. The molecule has 21 heavy (non-hydrogen) atoms. The number of aliphatic hydroxyl groups excluding tert-OH is 1. The summed E-state index contributed by atoms with van der Waals surface area (Å²) in [6, 6.07) is 8.32. The van der Waals surface area contributed by atoms with Crippen LogP contribution >= 0.6 is 11.3 Å². The molecule has 0 amide bonds. The fourth-order valence-corrected chi connectivity index (χ4v) is 3.38. The molecule has 0 aliphatic carbocycles. The predicted molar refractivity (Wildman–Crippen MR) is 89.6 cm³/mol. The van der Waals surface area contributed by atoms with Crippen LogP contribution in [0.15, 0.2) is 29.6 Å². The fourth-order valence-electron chi connectivity index (χ4n) is 2.52. The summed E-state index contributed by atoms with van der Waals surface area (Å²) in [6.45, 7) is 8.72. The first-order valence-corrected chi connectivity index (χ1v) is 8.26. The predicted octanol–water partition coefficient (Wildman–Crippen LogP) is 5.09. The number of benzene rings is 1. The normalized spacial score (nSPS) is 13.0. The van der Waals surface area contributed by atoms with Crippen molar-refractivity contribution in [2.45, 2.75) is 45.6 Å². The first-order chi connectivity index (χ1) is 9.95. The van der Waals surface area contributed by atoms with Gasteiger partial charge in [-0.25, -0.2) is 0 Å². The smallest absolute Gasteiger partial charge is 0.135 e. The van der Waals surface area contributed by atoms with Gasteiger partial charge in [0.2, 0.25) is 0 Å². The highest BCUT2D eigenvalue weighted by atomic mass is 32.1. The van der Waals surface area contributed by atoms with Crippen LogP contribution in [0.2, 0.25) is 0 Å². The van der Waals surface area contributed by atoms with Crippen LogP contribution in [0.5, 0.6) is 5.75 Å². The zero-order valence-corrected chi connectivity index (χ0v) is 14.2. The van der Waals surface area contributed by atoms with Crippen molar-refractivity contribution in [3.63, 3.8) is 0 Å². The Morgan fingerprint density at radius 2 is 1.71 bits per heavy atom. The van der Waals surface area contributed by atoms with E-state index in [-0.39, 0.29) is 0 Å². The van der Waals surface area contributed by atoms with Gasteiger partial charge in [0, 0.05) is 0 Å². The van der Waals surface area contributed by atoms with Crippen molar-refractivity contribution >= 4 is 11.3 Å². The van der Waals surface area contributed by atoms with Crippen molar-refractivity contribution in [2.24, 2.45) is 0 Å². The summed E-state index contributed by atoms with van der Waals surface area (Å²) in [5.41, 5.74) is 3.51.